The molecule has 1 saturated heterocycles. The maximum atomic E-state index is 12.2. The van der Waals surface area contributed by atoms with E-state index in [0.29, 0.717) is 11.3 Å². The fourth-order valence-corrected chi connectivity index (χ4v) is 3.14. The highest BCUT2D eigenvalue weighted by atomic mass is 16.1. The van der Waals surface area contributed by atoms with Gasteiger partial charge in [-0.1, -0.05) is 54.6 Å². The molecule has 0 atom stereocenters. The minimum absolute atomic E-state index is 0.190. The van der Waals surface area contributed by atoms with Gasteiger partial charge in [-0.15, -0.1) is 0 Å². The van der Waals surface area contributed by atoms with Crippen molar-refractivity contribution in [3.8, 4) is 11.8 Å². The number of piperazine rings is 1. The number of nitrogens with zero attached hydrogens (tertiary/aromatic N) is 2. The SMILES string of the molecule is O=C(C#Cc1cc2ccccc2c(N2CCNCC2)n1)c1ccccc1. The number of ketones is 1. The lowest BCUT2D eigenvalue weighted by atomic mass is 10.1. The van der Waals surface area contributed by atoms with Crippen LogP contribution < -0.4 is 10.2 Å². The number of hydrogen-bond acceptors (Lipinski definition) is 4. The van der Waals surface area contributed by atoms with Crippen molar-refractivity contribution in [2.45, 2.75) is 0 Å². The Labute approximate surface area is 152 Å². The van der Waals surface area contributed by atoms with Crippen LogP contribution in [0, 0.1) is 11.8 Å². The second-order valence-electron chi connectivity index (χ2n) is 6.23. The molecule has 128 valence electrons. The fraction of sp³-hybridized carbons (Fsp3) is 0.182. The molecule has 0 spiro atoms. The highest BCUT2D eigenvalue weighted by Gasteiger charge is 2.15. The Balaban J connectivity index is 1.72. The zero-order chi connectivity index (χ0) is 17.8. The monoisotopic (exact) mass is 341 g/mol. The predicted molar refractivity (Wildman–Crippen MR) is 104 cm³/mol. The number of anilines is 1. The third-order valence-electron chi connectivity index (χ3n) is 4.48. The Morgan fingerprint density at radius 2 is 1.73 bits per heavy atom. The summed E-state index contributed by atoms with van der Waals surface area (Å²) < 4.78 is 0. The van der Waals surface area contributed by atoms with Gasteiger partial charge in [-0.25, -0.2) is 4.98 Å². The van der Waals surface area contributed by atoms with Crippen LogP contribution in [0.3, 0.4) is 0 Å². The van der Waals surface area contributed by atoms with Crippen LogP contribution in [0.15, 0.2) is 60.7 Å². The normalized spacial score (nSPS) is 13.9. The summed E-state index contributed by atoms with van der Waals surface area (Å²) >= 11 is 0. The summed E-state index contributed by atoms with van der Waals surface area (Å²) in [5.74, 6) is 6.44. The topological polar surface area (TPSA) is 45.2 Å². The second kappa shape index (κ2) is 7.38. The Kier molecular flexibility index (Phi) is 4.63. The van der Waals surface area contributed by atoms with Crippen LogP contribution in [0.25, 0.3) is 10.8 Å². The molecule has 0 amide bonds. The molecule has 0 aliphatic carbocycles. The van der Waals surface area contributed by atoms with Crippen molar-refractivity contribution in [3.63, 3.8) is 0 Å². The van der Waals surface area contributed by atoms with E-state index in [2.05, 4.69) is 34.2 Å². The van der Waals surface area contributed by atoms with Crippen LogP contribution in [0.5, 0.6) is 0 Å². The maximum absolute atomic E-state index is 12.2. The van der Waals surface area contributed by atoms with Gasteiger partial charge < -0.3 is 10.2 Å². The Morgan fingerprint density at radius 3 is 2.54 bits per heavy atom. The number of rotatable bonds is 2. The molecule has 4 nitrogen and oxygen atoms in total. The number of Topliss-reactive ketones (excluding diaryl/α,β-unsaturated/α-hetero) is 1. The minimum Gasteiger partial charge on any atom is -0.354 e. The van der Waals surface area contributed by atoms with Crippen molar-refractivity contribution in [2.24, 2.45) is 0 Å². The van der Waals surface area contributed by atoms with Gasteiger partial charge >= 0.3 is 0 Å². The van der Waals surface area contributed by atoms with E-state index in [1.54, 1.807) is 12.1 Å². The molecule has 0 unspecified atom stereocenters. The third kappa shape index (κ3) is 3.44. The molecule has 4 heteroatoms. The number of benzene rings is 2. The number of carbonyl (C=O) groups is 1. The molecule has 1 N–H and O–H groups in total. The van der Waals surface area contributed by atoms with Gasteiger partial charge in [0, 0.05) is 37.1 Å². The lowest BCUT2D eigenvalue weighted by Gasteiger charge is -2.29. The average Bonchev–Trinajstić information content (AvgIpc) is 2.72. The van der Waals surface area contributed by atoms with E-state index in [9.17, 15) is 4.79 Å². The average molecular weight is 341 g/mol. The van der Waals surface area contributed by atoms with E-state index in [0.717, 1.165) is 42.8 Å². The number of fused-ring (bicyclic) bond motifs is 1. The first-order chi connectivity index (χ1) is 12.8. The highest BCUT2D eigenvalue weighted by molar-refractivity contribution is 6.09. The van der Waals surface area contributed by atoms with Crippen molar-refractivity contribution in [1.82, 2.24) is 10.3 Å². The summed E-state index contributed by atoms with van der Waals surface area (Å²) in [5, 5.41) is 5.57. The van der Waals surface area contributed by atoms with Crippen LogP contribution in [0.2, 0.25) is 0 Å². The first kappa shape index (κ1) is 16.3. The molecular formula is C22H19N3O. The summed E-state index contributed by atoms with van der Waals surface area (Å²) in [6.45, 7) is 3.71. The zero-order valence-electron chi connectivity index (χ0n) is 14.4. The number of hydrogen-bond donors (Lipinski definition) is 1. The lowest BCUT2D eigenvalue weighted by molar-refractivity contribution is 0.105. The van der Waals surface area contributed by atoms with Crippen LogP contribution in [0.1, 0.15) is 16.1 Å². The summed E-state index contributed by atoms with van der Waals surface area (Å²) in [4.78, 5) is 19.3. The second-order valence-corrected chi connectivity index (χ2v) is 6.23. The molecule has 3 aromatic rings. The maximum Gasteiger partial charge on any atom is 0.236 e. The highest BCUT2D eigenvalue weighted by Crippen LogP contribution is 2.25. The van der Waals surface area contributed by atoms with Gasteiger partial charge in [-0.05, 0) is 23.3 Å². The summed E-state index contributed by atoms with van der Waals surface area (Å²) in [7, 11) is 0. The molecule has 1 fully saturated rings. The quantitative estimate of drug-likeness (QED) is 0.575. The molecule has 4 rings (SSSR count). The van der Waals surface area contributed by atoms with Crippen molar-refractivity contribution in [1.29, 1.82) is 0 Å². The van der Waals surface area contributed by atoms with E-state index >= 15 is 0 Å². The first-order valence-electron chi connectivity index (χ1n) is 8.78. The molecule has 1 aromatic heterocycles. The largest absolute Gasteiger partial charge is 0.354 e. The van der Waals surface area contributed by atoms with E-state index in [1.165, 1.54) is 0 Å². The smallest absolute Gasteiger partial charge is 0.236 e. The van der Waals surface area contributed by atoms with Crippen molar-refractivity contribution >= 4 is 22.4 Å². The van der Waals surface area contributed by atoms with Crippen LogP contribution in [0.4, 0.5) is 5.82 Å². The van der Waals surface area contributed by atoms with Gasteiger partial charge in [-0.2, -0.15) is 0 Å². The van der Waals surface area contributed by atoms with Crippen molar-refractivity contribution < 1.29 is 4.79 Å². The fourth-order valence-electron chi connectivity index (χ4n) is 3.14. The molecule has 0 bridgehead atoms. The number of carbonyl (C=O) groups excluding carboxylic acids is 1. The summed E-state index contributed by atoms with van der Waals surface area (Å²) in [6.07, 6.45) is 0. The third-order valence-corrected chi connectivity index (χ3v) is 4.48. The van der Waals surface area contributed by atoms with E-state index in [-0.39, 0.29) is 5.78 Å². The summed E-state index contributed by atoms with van der Waals surface area (Å²) in [5.41, 5.74) is 1.23. The van der Waals surface area contributed by atoms with Crippen LogP contribution in [-0.4, -0.2) is 36.9 Å². The van der Waals surface area contributed by atoms with Gasteiger partial charge in [0.05, 0.1) is 0 Å². The summed E-state index contributed by atoms with van der Waals surface area (Å²) in [6, 6.07) is 19.3. The molecule has 2 heterocycles. The van der Waals surface area contributed by atoms with Gasteiger partial charge in [0.15, 0.2) is 0 Å². The molecule has 1 aliphatic rings. The van der Waals surface area contributed by atoms with Gasteiger partial charge in [-0.3, -0.25) is 4.79 Å². The zero-order valence-corrected chi connectivity index (χ0v) is 14.4. The van der Waals surface area contributed by atoms with E-state index in [4.69, 9.17) is 4.98 Å². The van der Waals surface area contributed by atoms with Gasteiger partial charge in [0.2, 0.25) is 5.78 Å². The molecular weight excluding hydrogens is 322 g/mol. The van der Waals surface area contributed by atoms with Crippen molar-refractivity contribution in [3.05, 3.63) is 71.9 Å². The standard InChI is InChI=1S/C22H19N3O/c26-21(17-6-2-1-3-7-17)11-10-19-16-18-8-4-5-9-20(18)22(24-19)25-14-12-23-13-15-25/h1-9,16,23H,12-15H2. The molecule has 0 saturated carbocycles. The Hall–Kier alpha value is -3.16. The van der Waals surface area contributed by atoms with Crippen LogP contribution in [-0.2, 0) is 0 Å². The van der Waals surface area contributed by atoms with Gasteiger partial charge in [0.1, 0.15) is 11.5 Å². The Morgan fingerprint density at radius 1 is 1.00 bits per heavy atom. The lowest BCUT2D eigenvalue weighted by Crippen LogP contribution is -2.44. The Bertz CT molecular complexity index is 996. The molecule has 0 radical (unpaired) electrons. The number of nitrogens with one attached hydrogen (secondary N) is 1. The molecule has 1 aliphatic heterocycles. The van der Waals surface area contributed by atoms with Gasteiger partial charge in [0.25, 0.3) is 0 Å². The molecule has 2 aromatic carbocycles. The number of aromatic nitrogens is 1. The number of pyridine rings is 1. The van der Waals surface area contributed by atoms with Crippen LogP contribution >= 0.6 is 0 Å². The van der Waals surface area contributed by atoms with E-state index < -0.39 is 0 Å². The van der Waals surface area contributed by atoms with E-state index in [1.807, 2.05) is 36.4 Å². The first-order valence-corrected chi connectivity index (χ1v) is 8.78. The predicted octanol–water partition coefficient (Wildman–Crippen LogP) is 2.88. The molecule has 26 heavy (non-hydrogen) atoms. The van der Waals surface area contributed by atoms with Crippen molar-refractivity contribution in [2.75, 3.05) is 31.1 Å². The minimum atomic E-state index is -0.190.